The second-order valence-corrected chi connectivity index (χ2v) is 6.58. The number of hydrogen-bond acceptors (Lipinski definition) is 4. The van der Waals surface area contributed by atoms with Crippen molar-refractivity contribution >= 4 is 17.8 Å². The molecular formula is C17H23N3O3. The van der Waals surface area contributed by atoms with Gasteiger partial charge in [0.05, 0.1) is 0 Å². The molecule has 2 rings (SSSR count). The van der Waals surface area contributed by atoms with Crippen molar-refractivity contribution < 1.29 is 14.3 Å². The van der Waals surface area contributed by atoms with Gasteiger partial charge in [0.15, 0.2) is 0 Å². The summed E-state index contributed by atoms with van der Waals surface area (Å²) >= 11 is 0. The fraction of sp³-hybridized carbons (Fsp3) is 0.471. The van der Waals surface area contributed by atoms with Gasteiger partial charge in [-0.1, -0.05) is 12.1 Å². The highest BCUT2D eigenvalue weighted by molar-refractivity contribution is 6.05. The molecule has 1 fully saturated rings. The molecule has 1 aliphatic heterocycles. The number of carbonyl (C=O) groups excluding carboxylic acids is 2. The molecule has 23 heavy (non-hydrogen) atoms. The van der Waals surface area contributed by atoms with Crippen LogP contribution in [-0.4, -0.2) is 41.4 Å². The topological polar surface area (TPSA) is 82.5 Å². The van der Waals surface area contributed by atoms with Crippen LogP contribution in [0.3, 0.4) is 0 Å². The first-order valence-electron chi connectivity index (χ1n) is 7.74. The number of amides is 2. The van der Waals surface area contributed by atoms with Crippen LogP contribution in [0.2, 0.25) is 0 Å². The minimum Gasteiger partial charge on any atom is -0.444 e. The maximum atomic E-state index is 12.2. The third-order valence-corrected chi connectivity index (χ3v) is 3.44. The fourth-order valence-electron chi connectivity index (χ4n) is 2.36. The van der Waals surface area contributed by atoms with Gasteiger partial charge in [-0.25, -0.2) is 4.79 Å². The van der Waals surface area contributed by atoms with Crippen LogP contribution in [0.25, 0.3) is 0 Å². The van der Waals surface area contributed by atoms with E-state index in [2.05, 4.69) is 5.32 Å². The lowest BCUT2D eigenvalue weighted by Crippen LogP contribution is -2.36. The predicted octanol–water partition coefficient (Wildman–Crippen LogP) is 2.77. The van der Waals surface area contributed by atoms with Gasteiger partial charge in [-0.05, 0) is 45.7 Å². The Bertz CT molecular complexity index is 597. The summed E-state index contributed by atoms with van der Waals surface area (Å²) in [7, 11) is 0. The number of alkyl carbamates (subject to hydrolysis) is 1. The fourth-order valence-corrected chi connectivity index (χ4v) is 2.36. The van der Waals surface area contributed by atoms with Crippen LogP contribution in [0.15, 0.2) is 24.3 Å². The molecule has 0 aliphatic carbocycles. The predicted molar refractivity (Wildman–Crippen MR) is 87.8 cm³/mol. The van der Waals surface area contributed by atoms with E-state index in [0.717, 1.165) is 25.9 Å². The molecule has 0 saturated carbocycles. The molecule has 6 heteroatoms. The van der Waals surface area contributed by atoms with Gasteiger partial charge in [0.1, 0.15) is 11.4 Å². The molecule has 1 aliphatic rings. The first kappa shape index (κ1) is 17.0. The van der Waals surface area contributed by atoms with Crippen LogP contribution in [0.5, 0.6) is 0 Å². The van der Waals surface area contributed by atoms with E-state index in [0.29, 0.717) is 11.1 Å². The van der Waals surface area contributed by atoms with Crippen LogP contribution in [0.4, 0.5) is 4.79 Å². The first-order valence-corrected chi connectivity index (χ1v) is 7.74. The summed E-state index contributed by atoms with van der Waals surface area (Å²) in [6.45, 7) is 6.88. The summed E-state index contributed by atoms with van der Waals surface area (Å²) in [5.74, 6) is -0.0416. The van der Waals surface area contributed by atoms with Gasteiger partial charge in [0.2, 0.25) is 0 Å². The second kappa shape index (κ2) is 6.81. The lowest BCUT2D eigenvalue weighted by molar-refractivity contribution is 0.0562. The summed E-state index contributed by atoms with van der Waals surface area (Å²) in [5.41, 5.74) is 0.505. The molecule has 0 aromatic heterocycles. The third-order valence-electron chi connectivity index (χ3n) is 3.44. The van der Waals surface area contributed by atoms with Gasteiger partial charge in [-0.15, -0.1) is 0 Å². The Morgan fingerprint density at radius 1 is 1.09 bits per heavy atom. The molecule has 2 amide bonds. The number of nitrogens with zero attached hydrogens (tertiary/aromatic N) is 1. The van der Waals surface area contributed by atoms with Gasteiger partial charge in [0.25, 0.3) is 5.91 Å². The smallest absolute Gasteiger partial charge is 0.413 e. The van der Waals surface area contributed by atoms with Crippen molar-refractivity contribution in [2.45, 2.75) is 39.2 Å². The number of amidine groups is 1. The average molecular weight is 317 g/mol. The Morgan fingerprint density at radius 2 is 1.61 bits per heavy atom. The van der Waals surface area contributed by atoms with Crippen molar-refractivity contribution in [3.8, 4) is 0 Å². The quantitative estimate of drug-likeness (QED) is 0.650. The Balaban J connectivity index is 1.97. The van der Waals surface area contributed by atoms with Crippen molar-refractivity contribution in [1.82, 2.24) is 10.2 Å². The molecule has 0 spiro atoms. The van der Waals surface area contributed by atoms with E-state index in [1.54, 1.807) is 45.0 Å². The van der Waals surface area contributed by atoms with E-state index in [4.69, 9.17) is 10.1 Å². The zero-order valence-corrected chi connectivity index (χ0v) is 13.8. The maximum Gasteiger partial charge on any atom is 0.413 e. The number of rotatable bonds is 2. The number of ether oxygens (including phenoxy) is 1. The SMILES string of the molecule is CC(C)(C)OC(=O)NC(=N)c1ccc(C(=O)N2CCCC2)cc1. The summed E-state index contributed by atoms with van der Waals surface area (Å²) in [6.07, 6.45) is 1.43. The highest BCUT2D eigenvalue weighted by Crippen LogP contribution is 2.14. The monoisotopic (exact) mass is 317 g/mol. The number of carbonyl (C=O) groups is 2. The van der Waals surface area contributed by atoms with Crippen LogP contribution in [0.1, 0.15) is 49.5 Å². The number of nitrogens with one attached hydrogen (secondary N) is 2. The van der Waals surface area contributed by atoms with E-state index in [-0.39, 0.29) is 11.7 Å². The van der Waals surface area contributed by atoms with Crippen molar-refractivity contribution in [2.75, 3.05) is 13.1 Å². The Labute approximate surface area is 136 Å². The van der Waals surface area contributed by atoms with E-state index in [1.165, 1.54) is 0 Å². The van der Waals surface area contributed by atoms with Crippen molar-refractivity contribution in [3.05, 3.63) is 35.4 Å². The molecule has 2 N–H and O–H groups in total. The summed E-state index contributed by atoms with van der Waals surface area (Å²) in [6, 6.07) is 6.68. The van der Waals surface area contributed by atoms with Crippen molar-refractivity contribution in [2.24, 2.45) is 0 Å². The van der Waals surface area contributed by atoms with Crippen LogP contribution >= 0.6 is 0 Å². The summed E-state index contributed by atoms with van der Waals surface area (Å²) in [4.78, 5) is 25.7. The zero-order chi connectivity index (χ0) is 17.0. The zero-order valence-electron chi connectivity index (χ0n) is 13.8. The Morgan fingerprint density at radius 3 is 2.13 bits per heavy atom. The van der Waals surface area contributed by atoms with Gasteiger partial charge < -0.3 is 9.64 Å². The van der Waals surface area contributed by atoms with Crippen LogP contribution in [0, 0.1) is 5.41 Å². The Hall–Kier alpha value is -2.37. The van der Waals surface area contributed by atoms with E-state index < -0.39 is 11.7 Å². The third kappa shape index (κ3) is 4.81. The molecule has 0 atom stereocenters. The molecule has 0 radical (unpaired) electrons. The van der Waals surface area contributed by atoms with Crippen molar-refractivity contribution in [1.29, 1.82) is 5.41 Å². The normalized spacial score (nSPS) is 14.5. The number of likely N-dealkylation sites (tertiary alicyclic amines) is 1. The maximum absolute atomic E-state index is 12.2. The average Bonchev–Trinajstić information content (AvgIpc) is 2.98. The van der Waals surface area contributed by atoms with E-state index in [9.17, 15) is 9.59 Å². The summed E-state index contributed by atoms with van der Waals surface area (Å²) < 4.78 is 5.11. The van der Waals surface area contributed by atoms with Gasteiger partial charge >= 0.3 is 6.09 Å². The lowest BCUT2D eigenvalue weighted by atomic mass is 10.1. The molecule has 1 heterocycles. The van der Waals surface area contributed by atoms with Crippen LogP contribution < -0.4 is 5.32 Å². The van der Waals surface area contributed by atoms with Gasteiger partial charge in [0, 0.05) is 24.2 Å². The molecule has 6 nitrogen and oxygen atoms in total. The molecule has 0 bridgehead atoms. The number of hydrogen-bond donors (Lipinski definition) is 2. The van der Waals surface area contributed by atoms with Gasteiger partial charge in [-0.3, -0.25) is 15.5 Å². The first-order chi connectivity index (χ1) is 10.8. The molecule has 124 valence electrons. The standard InChI is InChI=1S/C17H23N3O3/c1-17(2,3)23-16(22)19-14(18)12-6-8-13(9-7-12)15(21)20-10-4-5-11-20/h6-9H,4-5,10-11H2,1-3H3,(H2,18,19,22). The largest absolute Gasteiger partial charge is 0.444 e. The Kier molecular flexibility index (Phi) is 5.03. The molecule has 0 unspecified atom stereocenters. The second-order valence-electron chi connectivity index (χ2n) is 6.58. The van der Waals surface area contributed by atoms with Crippen molar-refractivity contribution in [3.63, 3.8) is 0 Å². The molecule has 1 aromatic rings. The van der Waals surface area contributed by atoms with E-state index >= 15 is 0 Å². The van der Waals surface area contributed by atoms with Gasteiger partial charge in [-0.2, -0.15) is 0 Å². The highest BCUT2D eigenvalue weighted by atomic mass is 16.6. The lowest BCUT2D eigenvalue weighted by Gasteiger charge is -2.20. The molecule has 1 saturated heterocycles. The van der Waals surface area contributed by atoms with Crippen LogP contribution in [-0.2, 0) is 4.74 Å². The number of benzene rings is 1. The van der Waals surface area contributed by atoms with E-state index in [1.807, 2.05) is 4.90 Å². The minimum absolute atomic E-state index is 0.0145. The molecule has 1 aromatic carbocycles. The summed E-state index contributed by atoms with van der Waals surface area (Å²) in [5, 5.41) is 10.3. The molecular weight excluding hydrogens is 294 g/mol. The highest BCUT2D eigenvalue weighted by Gasteiger charge is 2.20. The minimum atomic E-state index is -0.667.